The van der Waals surface area contributed by atoms with E-state index < -0.39 is 0 Å². The Morgan fingerprint density at radius 1 is 1.33 bits per heavy atom. The van der Waals surface area contributed by atoms with Gasteiger partial charge in [0.25, 0.3) is 0 Å². The first-order chi connectivity index (χ1) is 6.99. The van der Waals surface area contributed by atoms with Gasteiger partial charge in [0, 0.05) is 19.7 Å². The number of amides is 1. The molecule has 0 atom stereocenters. The van der Waals surface area contributed by atoms with Gasteiger partial charge in [-0.1, -0.05) is 0 Å². The Bertz CT molecular complexity index is 202. The second kappa shape index (κ2) is 5.47. The molecule has 0 aromatic rings. The smallest absolute Gasteiger partial charge is 0.248 e. The predicted molar refractivity (Wildman–Crippen MR) is 57.7 cm³/mol. The molecule has 15 heavy (non-hydrogen) atoms. The summed E-state index contributed by atoms with van der Waals surface area (Å²) in [4.78, 5) is 13.6. The lowest BCUT2D eigenvalue weighted by Crippen LogP contribution is -2.37. The molecule has 4 nitrogen and oxygen atoms in total. The van der Waals surface area contributed by atoms with Gasteiger partial charge in [0.05, 0.1) is 12.2 Å². The molecular formula is C11H21NO3. The molecule has 1 aliphatic rings. The summed E-state index contributed by atoms with van der Waals surface area (Å²) in [6.45, 7) is 8.89. The molecule has 1 rings (SSSR count). The van der Waals surface area contributed by atoms with E-state index in [0.29, 0.717) is 13.2 Å². The number of nitrogens with zero attached hydrogens (tertiary/aromatic N) is 1. The van der Waals surface area contributed by atoms with E-state index >= 15 is 0 Å². The third-order valence-corrected chi connectivity index (χ3v) is 2.20. The first kappa shape index (κ1) is 12.5. The lowest BCUT2D eigenvalue weighted by atomic mass is 10.2. The Morgan fingerprint density at radius 2 is 2.07 bits per heavy atom. The Labute approximate surface area is 91.5 Å². The van der Waals surface area contributed by atoms with E-state index in [9.17, 15) is 4.79 Å². The summed E-state index contributed by atoms with van der Waals surface area (Å²) >= 11 is 0. The molecule has 0 aromatic carbocycles. The zero-order valence-corrected chi connectivity index (χ0v) is 9.91. The lowest BCUT2D eigenvalue weighted by Gasteiger charge is -2.23. The lowest BCUT2D eigenvalue weighted by molar-refractivity contribution is -0.141. The van der Waals surface area contributed by atoms with Crippen LogP contribution in [0.4, 0.5) is 0 Å². The van der Waals surface area contributed by atoms with E-state index in [1.807, 2.05) is 25.7 Å². The normalized spacial score (nSPS) is 18.7. The van der Waals surface area contributed by atoms with Crippen molar-refractivity contribution < 1.29 is 14.3 Å². The van der Waals surface area contributed by atoms with Crippen LogP contribution in [0.1, 0.15) is 27.2 Å². The van der Waals surface area contributed by atoms with Gasteiger partial charge in [-0.15, -0.1) is 0 Å². The SMILES string of the molecule is CC(C)(C)OCC(=O)N1CCCOCC1. The monoisotopic (exact) mass is 215 g/mol. The predicted octanol–water partition coefficient (Wildman–Crippen LogP) is 1.05. The Kier molecular flexibility index (Phi) is 4.54. The van der Waals surface area contributed by atoms with Gasteiger partial charge in [-0.25, -0.2) is 0 Å². The van der Waals surface area contributed by atoms with Crippen molar-refractivity contribution in [2.24, 2.45) is 0 Å². The van der Waals surface area contributed by atoms with Gasteiger partial charge >= 0.3 is 0 Å². The van der Waals surface area contributed by atoms with Crippen molar-refractivity contribution in [3.05, 3.63) is 0 Å². The van der Waals surface area contributed by atoms with E-state index in [4.69, 9.17) is 9.47 Å². The molecule has 4 heteroatoms. The largest absolute Gasteiger partial charge is 0.380 e. The van der Waals surface area contributed by atoms with Crippen LogP contribution in [0.3, 0.4) is 0 Å². The summed E-state index contributed by atoms with van der Waals surface area (Å²) < 4.78 is 10.7. The summed E-state index contributed by atoms with van der Waals surface area (Å²) in [6.07, 6.45) is 0.918. The van der Waals surface area contributed by atoms with Gasteiger partial charge in [-0.05, 0) is 27.2 Å². The van der Waals surface area contributed by atoms with Crippen LogP contribution in [0, 0.1) is 0 Å². The highest BCUT2D eigenvalue weighted by atomic mass is 16.5. The van der Waals surface area contributed by atoms with Crippen LogP contribution in [-0.4, -0.2) is 49.3 Å². The van der Waals surface area contributed by atoms with Gasteiger partial charge in [-0.3, -0.25) is 4.79 Å². The van der Waals surface area contributed by atoms with Crippen molar-refractivity contribution in [1.82, 2.24) is 4.90 Å². The molecule has 0 N–H and O–H groups in total. The standard InChI is InChI=1S/C11H21NO3/c1-11(2,3)15-9-10(13)12-5-4-7-14-8-6-12/h4-9H2,1-3H3. The maximum Gasteiger partial charge on any atom is 0.248 e. The summed E-state index contributed by atoms with van der Waals surface area (Å²) in [5.41, 5.74) is -0.252. The maximum absolute atomic E-state index is 11.7. The summed E-state index contributed by atoms with van der Waals surface area (Å²) in [6, 6.07) is 0. The van der Waals surface area contributed by atoms with Gasteiger partial charge in [0.1, 0.15) is 6.61 Å². The number of carbonyl (C=O) groups excluding carboxylic acids is 1. The fourth-order valence-corrected chi connectivity index (χ4v) is 1.37. The van der Waals surface area contributed by atoms with E-state index in [-0.39, 0.29) is 18.1 Å². The number of rotatable bonds is 2. The van der Waals surface area contributed by atoms with Crippen molar-refractivity contribution >= 4 is 5.91 Å². The van der Waals surface area contributed by atoms with Crippen molar-refractivity contribution in [3.63, 3.8) is 0 Å². The first-order valence-corrected chi connectivity index (χ1v) is 5.48. The Balaban J connectivity index is 2.32. The Hall–Kier alpha value is -0.610. The second-order valence-electron chi connectivity index (χ2n) is 4.75. The Morgan fingerprint density at radius 3 is 2.73 bits per heavy atom. The zero-order chi connectivity index (χ0) is 11.3. The van der Waals surface area contributed by atoms with Crippen LogP contribution in [-0.2, 0) is 14.3 Å². The van der Waals surface area contributed by atoms with Crippen molar-refractivity contribution in [1.29, 1.82) is 0 Å². The molecule has 0 radical (unpaired) electrons. The summed E-state index contributed by atoms with van der Waals surface area (Å²) in [7, 11) is 0. The van der Waals surface area contributed by atoms with Gasteiger partial charge in [0.15, 0.2) is 0 Å². The molecular weight excluding hydrogens is 194 g/mol. The molecule has 0 saturated carbocycles. The van der Waals surface area contributed by atoms with Gasteiger partial charge in [0.2, 0.25) is 5.91 Å². The highest BCUT2D eigenvalue weighted by Crippen LogP contribution is 2.07. The van der Waals surface area contributed by atoms with E-state index in [1.165, 1.54) is 0 Å². The molecule has 1 aliphatic heterocycles. The average Bonchev–Trinajstić information content (AvgIpc) is 2.41. The molecule has 0 spiro atoms. The quantitative estimate of drug-likeness (QED) is 0.691. The van der Waals surface area contributed by atoms with E-state index in [1.54, 1.807) is 0 Å². The fourth-order valence-electron chi connectivity index (χ4n) is 1.37. The van der Waals surface area contributed by atoms with Crippen molar-refractivity contribution in [2.45, 2.75) is 32.8 Å². The second-order valence-corrected chi connectivity index (χ2v) is 4.75. The molecule has 0 aromatic heterocycles. The first-order valence-electron chi connectivity index (χ1n) is 5.48. The number of hydrogen-bond acceptors (Lipinski definition) is 3. The summed E-state index contributed by atoms with van der Waals surface area (Å²) in [5, 5.41) is 0. The van der Waals surface area contributed by atoms with Crippen LogP contribution in [0.15, 0.2) is 0 Å². The zero-order valence-electron chi connectivity index (χ0n) is 9.91. The minimum Gasteiger partial charge on any atom is -0.380 e. The molecule has 1 saturated heterocycles. The third kappa shape index (κ3) is 5.14. The van der Waals surface area contributed by atoms with Gasteiger partial charge < -0.3 is 14.4 Å². The van der Waals surface area contributed by atoms with Crippen LogP contribution < -0.4 is 0 Å². The highest BCUT2D eigenvalue weighted by molar-refractivity contribution is 5.77. The average molecular weight is 215 g/mol. The molecule has 0 aliphatic carbocycles. The van der Waals surface area contributed by atoms with Crippen LogP contribution >= 0.6 is 0 Å². The van der Waals surface area contributed by atoms with Crippen molar-refractivity contribution in [3.8, 4) is 0 Å². The van der Waals surface area contributed by atoms with Gasteiger partial charge in [-0.2, -0.15) is 0 Å². The van der Waals surface area contributed by atoms with Crippen molar-refractivity contribution in [2.75, 3.05) is 32.9 Å². The van der Waals surface area contributed by atoms with Crippen LogP contribution in [0.25, 0.3) is 0 Å². The minimum atomic E-state index is -0.252. The maximum atomic E-state index is 11.7. The molecule has 0 unspecified atom stereocenters. The van der Waals surface area contributed by atoms with E-state index in [0.717, 1.165) is 19.6 Å². The van der Waals surface area contributed by atoms with E-state index in [2.05, 4.69) is 0 Å². The van der Waals surface area contributed by atoms with Crippen LogP contribution in [0.2, 0.25) is 0 Å². The number of hydrogen-bond donors (Lipinski definition) is 0. The minimum absolute atomic E-state index is 0.0652. The molecule has 1 amide bonds. The molecule has 0 bridgehead atoms. The van der Waals surface area contributed by atoms with Crippen LogP contribution in [0.5, 0.6) is 0 Å². The molecule has 88 valence electrons. The molecule has 1 heterocycles. The molecule has 1 fully saturated rings. The topological polar surface area (TPSA) is 38.8 Å². The number of ether oxygens (including phenoxy) is 2. The number of carbonyl (C=O) groups is 1. The summed E-state index contributed by atoms with van der Waals surface area (Å²) in [5.74, 6) is 0.0652. The highest BCUT2D eigenvalue weighted by Gasteiger charge is 2.18. The third-order valence-electron chi connectivity index (χ3n) is 2.20. The fraction of sp³-hybridized carbons (Fsp3) is 0.909.